The molecule has 4 nitrogen and oxygen atoms in total. The number of pyridine rings is 1. The Morgan fingerprint density at radius 3 is 2.23 bits per heavy atom. The Labute approximate surface area is 211 Å². The summed E-state index contributed by atoms with van der Waals surface area (Å²) in [5.41, 5.74) is 10.2. The average Bonchev–Trinajstić information content (AvgIpc) is 3.30. The fraction of sp³-hybridized carbons (Fsp3) is 0.241. The summed E-state index contributed by atoms with van der Waals surface area (Å²) < 4.78 is 16.1. The van der Waals surface area contributed by atoms with Gasteiger partial charge in [-0.1, -0.05) is 23.8 Å². The van der Waals surface area contributed by atoms with Gasteiger partial charge in [0.15, 0.2) is 5.11 Å². The van der Waals surface area contributed by atoms with E-state index < -0.39 is 0 Å². The zero-order valence-electron chi connectivity index (χ0n) is 20.6. The summed E-state index contributed by atoms with van der Waals surface area (Å²) in [5.74, 6) is -0.270. The van der Waals surface area contributed by atoms with E-state index in [9.17, 15) is 4.39 Å². The summed E-state index contributed by atoms with van der Waals surface area (Å²) in [5, 5.41) is 4.10. The van der Waals surface area contributed by atoms with Gasteiger partial charge >= 0.3 is 0 Å². The molecule has 4 aromatic rings. The van der Waals surface area contributed by atoms with Crippen LogP contribution in [0.25, 0.3) is 5.69 Å². The van der Waals surface area contributed by atoms with Gasteiger partial charge in [0.05, 0.1) is 23.5 Å². The predicted octanol–water partition coefficient (Wildman–Crippen LogP) is 6.73. The molecule has 6 heteroatoms. The molecule has 5 rings (SSSR count). The molecule has 2 aromatic carbocycles. The lowest BCUT2D eigenvalue weighted by atomic mass is 9.96. The van der Waals surface area contributed by atoms with E-state index in [1.165, 1.54) is 34.5 Å². The van der Waals surface area contributed by atoms with E-state index >= 15 is 0 Å². The molecule has 2 aromatic heterocycles. The minimum absolute atomic E-state index is 0.145. The van der Waals surface area contributed by atoms with Crippen molar-refractivity contribution in [1.82, 2.24) is 14.9 Å². The van der Waals surface area contributed by atoms with Crippen LogP contribution in [0.2, 0.25) is 0 Å². The van der Waals surface area contributed by atoms with Gasteiger partial charge in [-0.15, -0.1) is 0 Å². The zero-order valence-corrected chi connectivity index (χ0v) is 21.4. The highest BCUT2D eigenvalue weighted by Gasteiger charge is 2.42. The fourth-order valence-electron chi connectivity index (χ4n) is 5.51. The number of thiocarbonyl (C=S) groups is 1. The molecule has 0 aliphatic carbocycles. The minimum Gasteiger partial charge on any atom is -0.351 e. The normalized spacial score (nSPS) is 17.7. The number of anilines is 1. The van der Waals surface area contributed by atoms with Gasteiger partial charge in [-0.25, -0.2) is 4.39 Å². The Balaban J connectivity index is 1.71. The number of halogens is 1. The molecule has 35 heavy (non-hydrogen) atoms. The number of aromatic nitrogens is 2. The second kappa shape index (κ2) is 8.93. The third kappa shape index (κ3) is 4.02. The van der Waals surface area contributed by atoms with E-state index in [-0.39, 0.29) is 17.9 Å². The van der Waals surface area contributed by atoms with Crippen molar-refractivity contribution in [3.63, 3.8) is 0 Å². The van der Waals surface area contributed by atoms with E-state index in [0.717, 1.165) is 28.3 Å². The molecule has 3 heterocycles. The molecular weight excluding hydrogens is 455 g/mol. The summed E-state index contributed by atoms with van der Waals surface area (Å²) in [6.45, 7) is 10.8. The first-order valence-electron chi connectivity index (χ1n) is 11.8. The summed E-state index contributed by atoms with van der Waals surface area (Å²) >= 11 is 5.83. The molecular formula is C29H29FN4S. The number of rotatable bonds is 4. The summed E-state index contributed by atoms with van der Waals surface area (Å²) in [6, 6.07) is 18.9. The Hall–Kier alpha value is -3.51. The highest BCUT2D eigenvalue weighted by Crippen LogP contribution is 2.44. The Kier molecular flexibility index (Phi) is 5.93. The number of aryl methyl sites for hydroxylation is 4. The van der Waals surface area contributed by atoms with Crippen LogP contribution >= 0.6 is 12.2 Å². The molecule has 2 atom stereocenters. The molecule has 0 unspecified atom stereocenters. The lowest BCUT2D eigenvalue weighted by Crippen LogP contribution is -2.29. The Bertz CT molecular complexity index is 1390. The van der Waals surface area contributed by atoms with Crippen molar-refractivity contribution in [3.8, 4) is 5.69 Å². The molecule has 1 aliphatic heterocycles. The molecule has 1 saturated heterocycles. The van der Waals surface area contributed by atoms with Crippen LogP contribution in [0, 0.1) is 40.4 Å². The maximum Gasteiger partial charge on any atom is 0.174 e. The lowest BCUT2D eigenvalue weighted by Gasteiger charge is -2.28. The van der Waals surface area contributed by atoms with E-state index in [1.54, 1.807) is 18.3 Å². The molecule has 1 N–H and O–H groups in total. The van der Waals surface area contributed by atoms with Crippen LogP contribution in [-0.2, 0) is 0 Å². The molecule has 0 spiro atoms. The van der Waals surface area contributed by atoms with E-state index in [0.29, 0.717) is 5.11 Å². The van der Waals surface area contributed by atoms with Gasteiger partial charge in [0.25, 0.3) is 0 Å². The van der Waals surface area contributed by atoms with Crippen LogP contribution in [0.1, 0.15) is 51.4 Å². The molecule has 0 amide bonds. The number of nitrogens with one attached hydrogen (secondary N) is 1. The van der Waals surface area contributed by atoms with E-state index in [4.69, 9.17) is 12.2 Å². The topological polar surface area (TPSA) is 33.1 Å². The minimum atomic E-state index is -0.270. The smallest absolute Gasteiger partial charge is 0.174 e. The first-order chi connectivity index (χ1) is 16.8. The van der Waals surface area contributed by atoms with Gasteiger partial charge in [0.1, 0.15) is 5.82 Å². The average molecular weight is 485 g/mol. The van der Waals surface area contributed by atoms with Crippen molar-refractivity contribution in [2.24, 2.45) is 0 Å². The van der Waals surface area contributed by atoms with Gasteiger partial charge in [-0.05, 0) is 106 Å². The molecule has 0 radical (unpaired) electrons. The lowest BCUT2D eigenvalue weighted by molar-refractivity contribution is 0.565. The monoisotopic (exact) mass is 484 g/mol. The first kappa shape index (κ1) is 23.2. The number of hydrogen-bond acceptors (Lipinski definition) is 2. The Morgan fingerprint density at radius 2 is 1.60 bits per heavy atom. The first-order valence-corrected chi connectivity index (χ1v) is 12.2. The number of benzene rings is 2. The van der Waals surface area contributed by atoms with Gasteiger partial charge in [0.2, 0.25) is 0 Å². The molecule has 0 bridgehead atoms. The Morgan fingerprint density at radius 1 is 0.914 bits per heavy atom. The third-order valence-corrected chi connectivity index (χ3v) is 7.17. The van der Waals surface area contributed by atoms with Gasteiger partial charge in [0, 0.05) is 23.3 Å². The van der Waals surface area contributed by atoms with Gasteiger partial charge in [-0.2, -0.15) is 0 Å². The maximum absolute atomic E-state index is 13.8. The van der Waals surface area contributed by atoms with Crippen LogP contribution in [-0.4, -0.2) is 14.7 Å². The molecule has 0 saturated carbocycles. The van der Waals surface area contributed by atoms with E-state index in [1.807, 2.05) is 18.2 Å². The quantitative estimate of drug-likeness (QED) is 0.326. The van der Waals surface area contributed by atoms with Crippen LogP contribution in [0.3, 0.4) is 0 Å². The van der Waals surface area contributed by atoms with Crippen LogP contribution in [0.15, 0.2) is 66.9 Å². The van der Waals surface area contributed by atoms with Crippen LogP contribution < -0.4 is 10.2 Å². The highest BCUT2D eigenvalue weighted by atomic mass is 32.1. The van der Waals surface area contributed by atoms with Crippen molar-refractivity contribution < 1.29 is 4.39 Å². The van der Waals surface area contributed by atoms with Crippen LogP contribution in [0.5, 0.6) is 0 Å². The van der Waals surface area contributed by atoms with Crippen molar-refractivity contribution in [2.45, 2.75) is 46.7 Å². The third-order valence-electron chi connectivity index (χ3n) is 6.85. The summed E-state index contributed by atoms with van der Waals surface area (Å²) in [7, 11) is 0. The largest absolute Gasteiger partial charge is 0.351 e. The SMILES string of the molecule is Cc1cc(C)c(-n2c(C)cc([C@@H]3[C@H](c4ccccn4)NC(=S)N3c3ccc(F)cc3)c2C)c(C)c1. The van der Waals surface area contributed by atoms with Crippen molar-refractivity contribution >= 4 is 23.0 Å². The van der Waals surface area contributed by atoms with Crippen molar-refractivity contribution in [2.75, 3.05) is 4.90 Å². The van der Waals surface area contributed by atoms with Gasteiger partial charge < -0.3 is 14.8 Å². The van der Waals surface area contributed by atoms with Gasteiger partial charge in [-0.3, -0.25) is 4.98 Å². The molecule has 1 fully saturated rings. The number of hydrogen-bond donors (Lipinski definition) is 1. The predicted molar refractivity (Wildman–Crippen MR) is 144 cm³/mol. The standard InChI is InChI=1S/C29H29FN4S/c1-17-14-18(2)27(19(3)15-17)33-20(4)16-24(21(33)5)28-26(25-8-6-7-13-31-25)32-29(35)34(28)23-11-9-22(30)10-12-23/h6-16,26,28H,1-5H3,(H,32,35)/t26-,28+/m0/s1. The maximum atomic E-state index is 13.8. The molecule has 1 aliphatic rings. The second-order valence-electron chi connectivity index (χ2n) is 9.38. The summed E-state index contributed by atoms with van der Waals surface area (Å²) in [6.07, 6.45) is 1.81. The highest BCUT2D eigenvalue weighted by molar-refractivity contribution is 7.80. The summed E-state index contributed by atoms with van der Waals surface area (Å²) in [4.78, 5) is 6.74. The zero-order chi connectivity index (χ0) is 24.9. The van der Waals surface area contributed by atoms with E-state index in [2.05, 4.69) is 72.6 Å². The second-order valence-corrected chi connectivity index (χ2v) is 9.77. The molecule has 178 valence electrons. The number of nitrogens with zero attached hydrogens (tertiary/aromatic N) is 3. The fourth-order valence-corrected chi connectivity index (χ4v) is 5.85. The van der Waals surface area contributed by atoms with Crippen molar-refractivity contribution in [1.29, 1.82) is 0 Å². The van der Waals surface area contributed by atoms with Crippen molar-refractivity contribution in [3.05, 3.63) is 112 Å². The van der Waals surface area contributed by atoms with Crippen LogP contribution in [0.4, 0.5) is 10.1 Å².